The lowest BCUT2D eigenvalue weighted by Gasteiger charge is -2.07. The predicted molar refractivity (Wildman–Crippen MR) is 68.5 cm³/mol. The Morgan fingerprint density at radius 1 is 1.21 bits per heavy atom. The first-order chi connectivity index (χ1) is 9.33. The standard InChI is InChI=1S/C13H14N4O2/c18-12(16-17-13-14-6-3-7-15-13)11-8-9-4-1-2-5-10(9)19-11/h3,6-8H,1-2,4-5H2,(H,16,18)(H,14,15,17). The van der Waals surface area contributed by atoms with Gasteiger partial charge >= 0.3 is 5.91 Å². The van der Waals surface area contributed by atoms with E-state index in [9.17, 15) is 4.79 Å². The minimum absolute atomic E-state index is 0.318. The molecule has 0 bridgehead atoms. The third-order valence-corrected chi connectivity index (χ3v) is 3.07. The quantitative estimate of drug-likeness (QED) is 0.819. The zero-order valence-corrected chi connectivity index (χ0v) is 10.3. The largest absolute Gasteiger partial charge is 0.456 e. The number of aromatic nitrogens is 2. The van der Waals surface area contributed by atoms with Gasteiger partial charge in [0.15, 0.2) is 5.76 Å². The molecule has 0 aromatic carbocycles. The maximum Gasteiger partial charge on any atom is 0.305 e. The van der Waals surface area contributed by atoms with Gasteiger partial charge in [0.1, 0.15) is 5.76 Å². The molecule has 98 valence electrons. The van der Waals surface area contributed by atoms with Gasteiger partial charge in [-0.05, 0) is 37.0 Å². The Morgan fingerprint density at radius 2 is 2.00 bits per heavy atom. The monoisotopic (exact) mass is 258 g/mol. The van der Waals surface area contributed by atoms with Crippen molar-refractivity contribution in [2.75, 3.05) is 5.43 Å². The van der Waals surface area contributed by atoms with Crippen molar-refractivity contribution in [3.05, 3.63) is 41.6 Å². The van der Waals surface area contributed by atoms with Gasteiger partial charge in [-0.1, -0.05) is 0 Å². The highest BCUT2D eigenvalue weighted by molar-refractivity contribution is 5.92. The molecule has 0 atom stereocenters. The molecule has 0 spiro atoms. The number of furan rings is 1. The second kappa shape index (κ2) is 5.09. The summed E-state index contributed by atoms with van der Waals surface area (Å²) < 4.78 is 5.56. The van der Waals surface area contributed by atoms with E-state index < -0.39 is 0 Å². The number of rotatable bonds is 3. The fraction of sp³-hybridized carbons (Fsp3) is 0.308. The maximum atomic E-state index is 11.9. The van der Waals surface area contributed by atoms with E-state index in [1.807, 2.05) is 6.07 Å². The molecule has 1 amide bonds. The third kappa shape index (κ3) is 2.57. The molecule has 2 N–H and O–H groups in total. The van der Waals surface area contributed by atoms with Crippen LogP contribution in [0.25, 0.3) is 0 Å². The number of carbonyl (C=O) groups is 1. The molecule has 2 aromatic rings. The summed E-state index contributed by atoms with van der Waals surface area (Å²) in [5.74, 6) is 1.29. The van der Waals surface area contributed by atoms with Crippen molar-refractivity contribution in [1.82, 2.24) is 15.4 Å². The molecule has 6 heteroatoms. The van der Waals surface area contributed by atoms with Crippen molar-refractivity contribution >= 4 is 11.9 Å². The van der Waals surface area contributed by atoms with E-state index in [0.717, 1.165) is 37.0 Å². The normalized spacial score (nSPS) is 13.7. The molecule has 19 heavy (non-hydrogen) atoms. The lowest BCUT2D eigenvalue weighted by Crippen LogP contribution is -2.29. The number of amides is 1. The van der Waals surface area contributed by atoms with Gasteiger partial charge in [0.25, 0.3) is 0 Å². The van der Waals surface area contributed by atoms with E-state index in [4.69, 9.17) is 4.42 Å². The Balaban J connectivity index is 1.65. The number of aryl methyl sites for hydroxylation is 2. The number of hydrazine groups is 1. The lowest BCUT2D eigenvalue weighted by molar-refractivity contribution is 0.0933. The van der Waals surface area contributed by atoms with Gasteiger partial charge in [0, 0.05) is 18.8 Å². The van der Waals surface area contributed by atoms with Crippen molar-refractivity contribution < 1.29 is 9.21 Å². The zero-order valence-electron chi connectivity index (χ0n) is 10.3. The van der Waals surface area contributed by atoms with Crippen molar-refractivity contribution in [3.63, 3.8) is 0 Å². The van der Waals surface area contributed by atoms with Crippen LogP contribution in [0.5, 0.6) is 0 Å². The van der Waals surface area contributed by atoms with Crippen LogP contribution in [0.3, 0.4) is 0 Å². The van der Waals surface area contributed by atoms with Crippen molar-refractivity contribution in [3.8, 4) is 0 Å². The Kier molecular flexibility index (Phi) is 3.14. The van der Waals surface area contributed by atoms with Crippen LogP contribution >= 0.6 is 0 Å². The van der Waals surface area contributed by atoms with Crippen LogP contribution in [0, 0.1) is 0 Å². The van der Waals surface area contributed by atoms with Crippen LogP contribution in [0.2, 0.25) is 0 Å². The summed E-state index contributed by atoms with van der Waals surface area (Å²) in [4.78, 5) is 19.8. The van der Waals surface area contributed by atoms with Crippen LogP contribution in [0.1, 0.15) is 34.7 Å². The van der Waals surface area contributed by atoms with Gasteiger partial charge in [-0.15, -0.1) is 0 Å². The molecule has 2 heterocycles. The topological polar surface area (TPSA) is 80.0 Å². The molecular weight excluding hydrogens is 244 g/mol. The molecular formula is C13H14N4O2. The van der Waals surface area contributed by atoms with Gasteiger partial charge < -0.3 is 4.42 Å². The summed E-state index contributed by atoms with van der Waals surface area (Å²) in [6, 6.07) is 3.52. The molecule has 0 saturated heterocycles. The van der Waals surface area contributed by atoms with Crippen LogP contribution < -0.4 is 10.9 Å². The molecule has 0 fully saturated rings. The van der Waals surface area contributed by atoms with Gasteiger partial charge in [-0.25, -0.2) is 9.97 Å². The van der Waals surface area contributed by atoms with E-state index >= 15 is 0 Å². The molecule has 0 unspecified atom stereocenters. The summed E-state index contributed by atoms with van der Waals surface area (Å²) >= 11 is 0. The number of hydrogen-bond donors (Lipinski definition) is 2. The number of hydrogen-bond acceptors (Lipinski definition) is 5. The molecule has 0 aliphatic heterocycles. The van der Waals surface area contributed by atoms with Crippen LogP contribution in [0.4, 0.5) is 5.95 Å². The molecule has 6 nitrogen and oxygen atoms in total. The highest BCUT2D eigenvalue weighted by Gasteiger charge is 2.18. The Hall–Kier alpha value is -2.37. The third-order valence-electron chi connectivity index (χ3n) is 3.07. The summed E-state index contributed by atoms with van der Waals surface area (Å²) in [6.45, 7) is 0. The van der Waals surface area contributed by atoms with Gasteiger partial charge in [-0.3, -0.25) is 15.6 Å². The number of carbonyl (C=O) groups excluding carboxylic acids is 1. The van der Waals surface area contributed by atoms with E-state index in [0.29, 0.717) is 11.7 Å². The van der Waals surface area contributed by atoms with Crippen molar-refractivity contribution in [2.24, 2.45) is 0 Å². The first-order valence-electron chi connectivity index (χ1n) is 6.28. The fourth-order valence-corrected chi connectivity index (χ4v) is 2.14. The number of anilines is 1. The smallest absolute Gasteiger partial charge is 0.305 e. The van der Waals surface area contributed by atoms with E-state index in [1.165, 1.54) is 0 Å². The Labute approximate surface area is 110 Å². The predicted octanol–water partition coefficient (Wildman–Crippen LogP) is 1.71. The number of nitrogens with one attached hydrogen (secondary N) is 2. The molecule has 0 radical (unpaired) electrons. The van der Waals surface area contributed by atoms with Gasteiger partial charge in [0.05, 0.1) is 0 Å². The fourth-order valence-electron chi connectivity index (χ4n) is 2.14. The van der Waals surface area contributed by atoms with Crippen LogP contribution in [-0.2, 0) is 12.8 Å². The van der Waals surface area contributed by atoms with Crippen molar-refractivity contribution in [2.45, 2.75) is 25.7 Å². The van der Waals surface area contributed by atoms with E-state index in [1.54, 1.807) is 18.5 Å². The molecule has 3 rings (SSSR count). The summed E-state index contributed by atoms with van der Waals surface area (Å²) in [5, 5.41) is 0. The second-order valence-corrected chi connectivity index (χ2v) is 4.42. The first kappa shape index (κ1) is 11.7. The highest BCUT2D eigenvalue weighted by atomic mass is 16.4. The zero-order chi connectivity index (χ0) is 13.1. The second-order valence-electron chi connectivity index (χ2n) is 4.42. The average Bonchev–Trinajstić information content (AvgIpc) is 2.90. The molecule has 1 aliphatic rings. The maximum absolute atomic E-state index is 11.9. The molecule has 2 aromatic heterocycles. The lowest BCUT2D eigenvalue weighted by atomic mass is 9.99. The number of fused-ring (bicyclic) bond motifs is 1. The van der Waals surface area contributed by atoms with Gasteiger partial charge in [-0.2, -0.15) is 0 Å². The average molecular weight is 258 g/mol. The Morgan fingerprint density at radius 3 is 2.79 bits per heavy atom. The van der Waals surface area contributed by atoms with Crippen LogP contribution in [-0.4, -0.2) is 15.9 Å². The first-order valence-corrected chi connectivity index (χ1v) is 6.28. The van der Waals surface area contributed by atoms with Crippen LogP contribution in [0.15, 0.2) is 28.9 Å². The van der Waals surface area contributed by atoms with Crippen molar-refractivity contribution in [1.29, 1.82) is 0 Å². The summed E-state index contributed by atoms with van der Waals surface area (Å²) in [7, 11) is 0. The van der Waals surface area contributed by atoms with Gasteiger partial charge in [0.2, 0.25) is 5.95 Å². The minimum Gasteiger partial charge on any atom is -0.456 e. The SMILES string of the molecule is O=C(NNc1ncccn1)c1cc2c(o1)CCCC2. The van der Waals surface area contributed by atoms with E-state index in [2.05, 4.69) is 20.8 Å². The van der Waals surface area contributed by atoms with E-state index in [-0.39, 0.29) is 5.91 Å². The Bertz CT molecular complexity index is 556. The molecule has 0 saturated carbocycles. The molecule has 1 aliphatic carbocycles. The highest BCUT2D eigenvalue weighted by Crippen LogP contribution is 2.24. The number of nitrogens with zero attached hydrogens (tertiary/aromatic N) is 2. The summed E-state index contributed by atoms with van der Waals surface area (Å²) in [5.41, 5.74) is 6.30. The minimum atomic E-state index is -0.318. The summed E-state index contributed by atoms with van der Waals surface area (Å²) in [6.07, 6.45) is 7.36.